The number of rotatable bonds is 1. The molecule has 0 spiro atoms. The molecule has 3 aliphatic carbocycles. The van der Waals surface area contributed by atoms with E-state index in [2.05, 4.69) is 154 Å². The smallest absolute Gasteiger partial charge is 0.0577 e. The lowest BCUT2D eigenvalue weighted by Gasteiger charge is -2.39. The molecule has 1 atom stereocenters. The van der Waals surface area contributed by atoms with Crippen LogP contribution in [0.5, 0.6) is 0 Å². The minimum atomic E-state index is -0.137. The zero-order valence-electron chi connectivity index (χ0n) is 27.3. The molecule has 1 aromatic heterocycles. The van der Waals surface area contributed by atoms with Crippen LogP contribution in [0.1, 0.15) is 62.4 Å². The summed E-state index contributed by atoms with van der Waals surface area (Å²) in [5.41, 5.74) is 13.9. The molecule has 0 saturated carbocycles. The van der Waals surface area contributed by atoms with Crippen molar-refractivity contribution in [2.45, 2.75) is 51.0 Å². The molecule has 1 nitrogen and oxygen atoms in total. The lowest BCUT2D eigenvalue weighted by Crippen LogP contribution is -2.26. The van der Waals surface area contributed by atoms with Crippen LogP contribution in [0.3, 0.4) is 0 Å². The lowest BCUT2D eigenvalue weighted by atomic mass is 9.64. The van der Waals surface area contributed by atoms with E-state index in [0.29, 0.717) is 0 Å². The van der Waals surface area contributed by atoms with Crippen molar-refractivity contribution in [3.63, 3.8) is 0 Å². The summed E-state index contributed by atoms with van der Waals surface area (Å²) in [4.78, 5) is 0. The van der Waals surface area contributed by atoms with E-state index in [1.807, 2.05) is 0 Å². The lowest BCUT2D eigenvalue weighted by molar-refractivity contribution is 0.639. The zero-order chi connectivity index (χ0) is 31.4. The summed E-state index contributed by atoms with van der Waals surface area (Å²) < 4.78 is 2.63. The van der Waals surface area contributed by atoms with Gasteiger partial charge in [0.1, 0.15) is 0 Å². The van der Waals surface area contributed by atoms with E-state index in [1.54, 1.807) is 0 Å². The van der Waals surface area contributed by atoms with Gasteiger partial charge in [0.25, 0.3) is 0 Å². The summed E-state index contributed by atoms with van der Waals surface area (Å²) in [6.45, 7) is 9.78. The molecule has 0 aliphatic heterocycles. The Labute approximate surface area is 274 Å². The molecule has 1 heterocycles. The third kappa shape index (κ3) is 2.94. The molecule has 11 rings (SSSR count). The van der Waals surface area contributed by atoms with E-state index in [1.165, 1.54) is 98.6 Å². The van der Waals surface area contributed by atoms with Gasteiger partial charge in [-0.2, -0.15) is 0 Å². The van der Waals surface area contributed by atoms with Gasteiger partial charge in [-0.25, -0.2) is 0 Å². The van der Waals surface area contributed by atoms with Gasteiger partial charge in [0.2, 0.25) is 0 Å². The first-order chi connectivity index (χ1) is 22.9. The minimum absolute atomic E-state index is 0.113. The van der Waals surface area contributed by atoms with Gasteiger partial charge in [0.15, 0.2) is 0 Å². The third-order valence-corrected chi connectivity index (χ3v) is 12.2. The highest BCUT2D eigenvalue weighted by molar-refractivity contribution is 6.36. The Hall–Kier alpha value is -5.14. The fourth-order valence-corrected chi connectivity index (χ4v) is 10.2. The van der Waals surface area contributed by atoms with E-state index in [-0.39, 0.29) is 16.9 Å². The number of fused-ring (bicyclic) bond motifs is 11. The molecule has 1 heteroatoms. The molecule has 3 aliphatic rings. The Morgan fingerprint density at radius 1 is 0.574 bits per heavy atom. The molecule has 0 saturated heterocycles. The molecule has 7 aromatic carbocycles. The fourth-order valence-electron chi connectivity index (χ4n) is 10.2. The monoisotopic (exact) mass is 601 g/mol. The number of nitrogens with zero attached hydrogens (tertiary/aromatic N) is 1. The van der Waals surface area contributed by atoms with Crippen LogP contribution < -0.4 is 0 Å². The van der Waals surface area contributed by atoms with Crippen LogP contribution in [-0.2, 0) is 10.8 Å². The van der Waals surface area contributed by atoms with Crippen LogP contribution >= 0.6 is 0 Å². The number of para-hydroxylation sites is 1. The maximum Gasteiger partial charge on any atom is 0.0577 e. The van der Waals surface area contributed by atoms with Crippen LogP contribution in [-0.4, -0.2) is 4.57 Å². The van der Waals surface area contributed by atoms with Crippen LogP contribution in [0.2, 0.25) is 0 Å². The normalized spacial score (nSPS) is 18.5. The van der Waals surface area contributed by atoms with Gasteiger partial charge >= 0.3 is 0 Å². The SMILES string of the molecule is CC1(C)c2ccccc2-c2c1c1c3c(cc4cc5c6ccccc6n(C6C=CC=CC6)c5c5ccc2c3c45)C(C)(C)c2ccccc2-1. The van der Waals surface area contributed by atoms with Crippen molar-refractivity contribution in [2.75, 3.05) is 0 Å². The Bertz CT molecular complexity index is 2760. The van der Waals surface area contributed by atoms with Crippen LogP contribution in [0.25, 0.3) is 76.4 Å². The van der Waals surface area contributed by atoms with Crippen molar-refractivity contribution in [3.8, 4) is 22.3 Å². The van der Waals surface area contributed by atoms with Gasteiger partial charge in [-0.05, 0) is 96.1 Å². The zero-order valence-corrected chi connectivity index (χ0v) is 27.3. The van der Waals surface area contributed by atoms with E-state index >= 15 is 0 Å². The number of hydrogen-bond acceptors (Lipinski definition) is 0. The quantitative estimate of drug-likeness (QED) is 0.165. The van der Waals surface area contributed by atoms with E-state index < -0.39 is 0 Å². The highest BCUT2D eigenvalue weighted by Crippen LogP contribution is 2.62. The first-order valence-corrected chi connectivity index (χ1v) is 17.2. The maximum atomic E-state index is 2.63. The van der Waals surface area contributed by atoms with Gasteiger partial charge < -0.3 is 4.57 Å². The summed E-state index contributed by atoms with van der Waals surface area (Å²) in [6.07, 6.45) is 10.1. The van der Waals surface area contributed by atoms with Crippen molar-refractivity contribution in [2.24, 2.45) is 0 Å². The molecule has 0 N–H and O–H groups in total. The van der Waals surface area contributed by atoms with Crippen LogP contribution in [0, 0.1) is 0 Å². The Morgan fingerprint density at radius 3 is 2.06 bits per heavy atom. The number of allylic oxidation sites excluding steroid dienone is 4. The number of aromatic nitrogens is 1. The van der Waals surface area contributed by atoms with Crippen LogP contribution in [0.15, 0.2) is 121 Å². The van der Waals surface area contributed by atoms with Crippen molar-refractivity contribution < 1.29 is 0 Å². The molecule has 8 aromatic rings. The van der Waals surface area contributed by atoms with Crippen molar-refractivity contribution >= 4 is 54.1 Å². The largest absolute Gasteiger partial charge is 0.333 e. The van der Waals surface area contributed by atoms with E-state index in [4.69, 9.17) is 0 Å². The second kappa shape index (κ2) is 8.41. The summed E-state index contributed by atoms with van der Waals surface area (Å²) >= 11 is 0. The van der Waals surface area contributed by atoms with Crippen LogP contribution in [0.4, 0.5) is 0 Å². The third-order valence-electron chi connectivity index (χ3n) is 12.2. The predicted octanol–water partition coefficient (Wildman–Crippen LogP) is 12.4. The second-order valence-corrected chi connectivity index (χ2v) is 15.2. The molecule has 47 heavy (non-hydrogen) atoms. The standard InChI is InChI=1S/C46H35N/c1-45(2)34-19-11-9-18-30(34)41-42-36(45)25-26-24-33-28-16-10-13-21-37(28)47(27-14-6-5-7-15-27)44(33)32-23-22-31(40(42)38(26)32)39-29-17-8-12-20-35(29)46(3,4)43(39)41/h5-14,16-25,27H,15H2,1-4H3. The Kier molecular flexibility index (Phi) is 4.65. The predicted molar refractivity (Wildman–Crippen MR) is 200 cm³/mol. The summed E-state index contributed by atoms with van der Waals surface area (Å²) in [7, 11) is 0. The Balaban J connectivity index is 1.43. The average molecular weight is 602 g/mol. The van der Waals surface area contributed by atoms with Crippen molar-refractivity contribution in [1.29, 1.82) is 0 Å². The van der Waals surface area contributed by atoms with Gasteiger partial charge in [0, 0.05) is 32.5 Å². The summed E-state index contributed by atoms with van der Waals surface area (Å²) in [5.74, 6) is 0. The molecular weight excluding hydrogens is 567 g/mol. The summed E-state index contributed by atoms with van der Waals surface area (Å²) in [5, 5.41) is 11.1. The highest BCUT2D eigenvalue weighted by Gasteiger charge is 2.44. The molecular formula is C46H35N. The van der Waals surface area contributed by atoms with Gasteiger partial charge in [-0.15, -0.1) is 0 Å². The minimum Gasteiger partial charge on any atom is -0.333 e. The maximum absolute atomic E-state index is 2.63. The van der Waals surface area contributed by atoms with Gasteiger partial charge in [-0.1, -0.05) is 131 Å². The molecule has 0 amide bonds. The van der Waals surface area contributed by atoms with E-state index in [9.17, 15) is 0 Å². The highest BCUT2D eigenvalue weighted by atomic mass is 15.0. The molecule has 0 bridgehead atoms. The first-order valence-electron chi connectivity index (χ1n) is 17.2. The van der Waals surface area contributed by atoms with Gasteiger partial charge in [-0.3, -0.25) is 0 Å². The second-order valence-electron chi connectivity index (χ2n) is 15.2. The van der Waals surface area contributed by atoms with Crippen molar-refractivity contribution in [1.82, 2.24) is 4.57 Å². The molecule has 0 radical (unpaired) electrons. The number of benzene rings is 7. The molecule has 224 valence electrons. The first kappa shape index (κ1) is 26.0. The molecule has 1 unspecified atom stereocenters. The number of hydrogen-bond donors (Lipinski definition) is 0. The van der Waals surface area contributed by atoms with E-state index in [0.717, 1.165) is 6.42 Å². The average Bonchev–Trinajstić information content (AvgIpc) is 3.55. The van der Waals surface area contributed by atoms with Gasteiger partial charge in [0.05, 0.1) is 11.6 Å². The molecule has 0 fully saturated rings. The topological polar surface area (TPSA) is 4.93 Å². The Morgan fingerprint density at radius 2 is 1.28 bits per heavy atom. The fraction of sp³-hybridized carbons (Fsp3) is 0.174. The summed E-state index contributed by atoms with van der Waals surface area (Å²) in [6, 6.07) is 37.8. The van der Waals surface area contributed by atoms with Crippen molar-refractivity contribution in [3.05, 3.63) is 144 Å².